The first-order chi connectivity index (χ1) is 15.3. The summed E-state index contributed by atoms with van der Waals surface area (Å²) in [5.41, 5.74) is 2.35. The van der Waals surface area contributed by atoms with Crippen molar-refractivity contribution in [3.8, 4) is 0 Å². The molecule has 0 heterocycles. The number of carbonyl (C=O) groups is 1. The molecule has 180 valence electrons. The molecule has 0 radical (unpaired) electrons. The summed E-state index contributed by atoms with van der Waals surface area (Å²) in [6, 6.07) is 8.60. The van der Waals surface area contributed by atoms with Gasteiger partial charge >= 0.3 is 5.97 Å². The Balaban J connectivity index is 1.89. The molecule has 0 aliphatic heterocycles. The molecule has 1 unspecified atom stereocenters. The summed E-state index contributed by atoms with van der Waals surface area (Å²) in [5, 5.41) is 10.6. The van der Waals surface area contributed by atoms with Crippen LogP contribution in [0, 0.1) is 11.8 Å². The van der Waals surface area contributed by atoms with Crippen molar-refractivity contribution in [2.45, 2.75) is 109 Å². The molecule has 5 atom stereocenters. The van der Waals surface area contributed by atoms with Crippen molar-refractivity contribution in [1.29, 1.82) is 0 Å². The first kappa shape index (κ1) is 26.9. The molecule has 1 aliphatic carbocycles. The number of carbonyl (C=O) groups excluding carboxylic acids is 1. The minimum absolute atomic E-state index is 0.0432. The highest BCUT2D eigenvalue weighted by atomic mass is 35.5. The number of hydrogen-bond donors (Lipinski definition) is 1. The van der Waals surface area contributed by atoms with Gasteiger partial charge in [0.15, 0.2) is 0 Å². The van der Waals surface area contributed by atoms with Crippen LogP contribution in [-0.4, -0.2) is 22.6 Å². The van der Waals surface area contributed by atoms with Crippen LogP contribution in [0.2, 0.25) is 0 Å². The van der Waals surface area contributed by atoms with Crippen LogP contribution in [0.5, 0.6) is 0 Å². The van der Waals surface area contributed by atoms with Gasteiger partial charge in [-0.25, -0.2) is 0 Å². The van der Waals surface area contributed by atoms with E-state index >= 15 is 0 Å². The van der Waals surface area contributed by atoms with Crippen molar-refractivity contribution in [3.63, 3.8) is 0 Å². The summed E-state index contributed by atoms with van der Waals surface area (Å²) in [6.45, 7) is 8.24. The highest BCUT2D eigenvalue weighted by molar-refractivity contribution is 6.21. The number of unbranched alkanes of at least 4 members (excludes halogenated alkanes) is 3. The largest absolute Gasteiger partial charge is 0.463 e. The molecule has 1 fully saturated rings. The molecular formula is C28H43ClO3. The number of alkyl halides is 1. The van der Waals surface area contributed by atoms with E-state index in [0.29, 0.717) is 24.2 Å². The quantitative estimate of drug-likeness (QED) is 0.141. The predicted octanol–water partition coefficient (Wildman–Crippen LogP) is 7.72. The standard InChI is InChI=1S/C28H43ClO3/c1-5-6-9-13-26(30)22-15-17-23(18-16-22)28-21(4)19-25(29)24(28)12-10-7-8-11-14-27(31)32-20(2)3/h7,10,15-18,20-21,24-26,28,30H,5-6,8-9,11-14,19H2,1-4H3/b10-7-/t21-,24+,25-,26?,28-/m1/s1. The van der Waals surface area contributed by atoms with Gasteiger partial charge in [-0.15, -0.1) is 11.6 Å². The van der Waals surface area contributed by atoms with Crippen molar-refractivity contribution < 1.29 is 14.6 Å². The number of allylic oxidation sites excluding steroid dienone is 2. The number of esters is 1. The van der Waals surface area contributed by atoms with Gasteiger partial charge in [0.25, 0.3) is 0 Å². The van der Waals surface area contributed by atoms with Crippen LogP contribution in [-0.2, 0) is 9.53 Å². The maximum Gasteiger partial charge on any atom is 0.306 e. The topological polar surface area (TPSA) is 46.5 Å². The Hall–Kier alpha value is -1.32. The number of aliphatic hydroxyl groups excluding tert-OH is 1. The fourth-order valence-corrected chi connectivity index (χ4v) is 5.49. The molecule has 0 spiro atoms. The summed E-state index contributed by atoms with van der Waals surface area (Å²) in [5.74, 6) is 1.28. The molecule has 1 aromatic rings. The number of hydrogen-bond acceptors (Lipinski definition) is 3. The molecule has 1 aromatic carbocycles. The molecule has 0 amide bonds. The van der Waals surface area contributed by atoms with Crippen LogP contribution in [0.4, 0.5) is 0 Å². The lowest BCUT2D eigenvalue weighted by molar-refractivity contribution is -0.147. The van der Waals surface area contributed by atoms with Gasteiger partial charge in [-0.05, 0) is 74.8 Å². The van der Waals surface area contributed by atoms with E-state index in [9.17, 15) is 9.90 Å². The third-order valence-electron chi connectivity index (χ3n) is 6.62. The smallest absolute Gasteiger partial charge is 0.306 e. The Bertz CT molecular complexity index is 697. The fourth-order valence-electron chi connectivity index (χ4n) is 4.95. The molecule has 1 aliphatic rings. The van der Waals surface area contributed by atoms with Crippen molar-refractivity contribution in [3.05, 3.63) is 47.5 Å². The van der Waals surface area contributed by atoms with Gasteiger partial charge < -0.3 is 9.84 Å². The van der Waals surface area contributed by atoms with E-state index in [-0.39, 0.29) is 23.6 Å². The number of rotatable bonds is 13. The van der Waals surface area contributed by atoms with E-state index < -0.39 is 0 Å². The molecule has 0 aromatic heterocycles. The molecule has 2 rings (SSSR count). The van der Waals surface area contributed by atoms with Crippen LogP contribution in [0.15, 0.2) is 36.4 Å². The Morgan fingerprint density at radius 2 is 1.91 bits per heavy atom. The van der Waals surface area contributed by atoms with E-state index in [1.54, 1.807) is 0 Å². The fraction of sp³-hybridized carbons (Fsp3) is 0.679. The molecule has 0 bridgehead atoms. The van der Waals surface area contributed by atoms with Crippen molar-refractivity contribution >= 4 is 17.6 Å². The van der Waals surface area contributed by atoms with Gasteiger partial charge in [0.05, 0.1) is 12.2 Å². The first-order valence-corrected chi connectivity index (χ1v) is 13.0. The summed E-state index contributed by atoms with van der Waals surface area (Å²) >= 11 is 6.77. The van der Waals surface area contributed by atoms with E-state index in [1.165, 1.54) is 18.4 Å². The first-order valence-electron chi connectivity index (χ1n) is 12.6. The zero-order chi connectivity index (χ0) is 23.5. The van der Waals surface area contributed by atoms with Crippen LogP contribution in [0.1, 0.15) is 109 Å². The third-order valence-corrected chi connectivity index (χ3v) is 7.12. The van der Waals surface area contributed by atoms with Crippen LogP contribution >= 0.6 is 11.6 Å². The van der Waals surface area contributed by atoms with Gasteiger partial charge in [0, 0.05) is 11.8 Å². The summed E-state index contributed by atoms with van der Waals surface area (Å²) in [4.78, 5) is 11.6. The zero-order valence-electron chi connectivity index (χ0n) is 20.4. The van der Waals surface area contributed by atoms with Crippen LogP contribution < -0.4 is 0 Å². The second kappa shape index (κ2) is 14.1. The van der Waals surface area contributed by atoms with Crippen LogP contribution in [0.3, 0.4) is 0 Å². The second-order valence-corrected chi connectivity index (χ2v) is 10.3. The SMILES string of the molecule is CCCCCC(O)c1ccc([C@@H]2[C@@H](C/C=C\CCCC(=O)OC(C)C)[C@H](Cl)C[C@H]2C)cc1. The predicted molar refractivity (Wildman–Crippen MR) is 134 cm³/mol. The number of halogens is 1. The third kappa shape index (κ3) is 8.56. The average molecular weight is 463 g/mol. The molecule has 1 N–H and O–H groups in total. The molecule has 0 saturated heterocycles. The summed E-state index contributed by atoms with van der Waals surface area (Å²) in [6.07, 6.45) is 12.4. The monoisotopic (exact) mass is 462 g/mol. The lowest BCUT2D eigenvalue weighted by Crippen LogP contribution is -2.15. The van der Waals surface area contributed by atoms with E-state index in [2.05, 4.69) is 50.3 Å². The maximum absolute atomic E-state index is 11.6. The molecule has 1 saturated carbocycles. The molecular weight excluding hydrogens is 420 g/mol. The van der Waals surface area contributed by atoms with Crippen molar-refractivity contribution in [1.82, 2.24) is 0 Å². The minimum atomic E-state index is -0.367. The van der Waals surface area contributed by atoms with E-state index in [1.807, 2.05) is 13.8 Å². The Morgan fingerprint density at radius 1 is 1.19 bits per heavy atom. The van der Waals surface area contributed by atoms with Crippen LogP contribution in [0.25, 0.3) is 0 Å². The molecule has 32 heavy (non-hydrogen) atoms. The molecule has 3 nitrogen and oxygen atoms in total. The van der Waals surface area contributed by atoms with Gasteiger partial charge in [-0.2, -0.15) is 0 Å². The molecule has 4 heteroatoms. The van der Waals surface area contributed by atoms with Gasteiger partial charge in [-0.1, -0.05) is 69.5 Å². The lowest BCUT2D eigenvalue weighted by Gasteiger charge is -2.24. The summed E-state index contributed by atoms with van der Waals surface area (Å²) < 4.78 is 5.18. The summed E-state index contributed by atoms with van der Waals surface area (Å²) in [7, 11) is 0. The normalized spacial score (nSPS) is 24.3. The van der Waals surface area contributed by atoms with Gasteiger partial charge in [-0.3, -0.25) is 4.79 Å². The highest BCUT2D eigenvalue weighted by Crippen LogP contribution is 2.48. The lowest BCUT2D eigenvalue weighted by atomic mass is 9.82. The van der Waals surface area contributed by atoms with Gasteiger partial charge in [0.1, 0.15) is 0 Å². The van der Waals surface area contributed by atoms with Crippen molar-refractivity contribution in [2.75, 3.05) is 0 Å². The Morgan fingerprint density at radius 3 is 2.56 bits per heavy atom. The highest BCUT2D eigenvalue weighted by Gasteiger charge is 2.40. The van der Waals surface area contributed by atoms with E-state index in [4.69, 9.17) is 16.3 Å². The maximum atomic E-state index is 11.6. The Labute approximate surface area is 200 Å². The minimum Gasteiger partial charge on any atom is -0.463 e. The van der Waals surface area contributed by atoms with Crippen molar-refractivity contribution in [2.24, 2.45) is 11.8 Å². The van der Waals surface area contributed by atoms with E-state index in [0.717, 1.165) is 44.1 Å². The average Bonchev–Trinajstić information content (AvgIpc) is 3.03. The van der Waals surface area contributed by atoms with Gasteiger partial charge in [0.2, 0.25) is 0 Å². The number of benzene rings is 1. The Kier molecular flexibility index (Phi) is 11.8. The second-order valence-electron chi connectivity index (χ2n) is 9.73. The zero-order valence-corrected chi connectivity index (χ0v) is 21.2. The number of ether oxygens (including phenoxy) is 1. The number of aliphatic hydroxyl groups is 1.